The first-order chi connectivity index (χ1) is 13.6. The van der Waals surface area contributed by atoms with Crippen molar-refractivity contribution in [1.82, 2.24) is 0 Å². The molecule has 142 valence electrons. The molecule has 0 radical (unpaired) electrons. The highest BCUT2D eigenvalue weighted by Gasteiger charge is 2.13. The summed E-state index contributed by atoms with van der Waals surface area (Å²) < 4.78 is 9.27. The van der Waals surface area contributed by atoms with Crippen LogP contribution in [0.25, 0.3) is 0 Å². The number of pyridine rings is 2. The van der Waals surface area contributed by atoms with Gasteiger partial charge in [-0.2, -0.15) is 9.13 Å². The fourth-order valence-electron chi connectivity index (χ4n) is 2.53. The third-order valence-electron chi connectivity index (χ3n) is 3.97. The van der Waals surface area contributed by atoms with E-state index in [2.05, 4.69) is 5.16 Å². The lowest BCUT2D eigenvalue weighted by Crippen LogP contribution is -2.42. The molecule has 0 unspecified atom stereocenters. The van der Waals surface area contributed by atoms with Crippen molar-refractivity contribution in [3.63, 3.8) is 0 Å². The van der Waals surface area contributed by atoms with Gasteiger partial charge in [0.25, 0.3) is 13.5 Å². The van der Waals surface area contributed by atoms with E-state index in [0.717, 1.165) is 0 Å². The minimum Gasteiger partial charge on any atom is -0.411 e. The van der Waals surface area contributed by atoms with E-state index in [0.29, 0.717) is 33.6 Å². The van der Waals surface area contributed by atoms with Crippen molar-refractivity contribution >= 4 is 35.2 Å². The van der Waals surface area contributed by atoms with Gasteiger partial charge < -0.3 is 5.21 Å². The normalized spacial score (nSPS) is 11.1. The number of halogens is 2. The van der Waals surface area contributed by atoms with Crippen molar-refractivity contribution in [1.29, 1.82) is 0 Å². The van der Waals surface area contributed by atoms with Crippen molar-refractivity contribution in [2.75, 3.05) is 0 Å². The van der Waals surface area contributed by atoms with E-state index in [9.17, 15) is 4.79 Å². The third-order valence-corrected chi connectivity index (χ3v) is 4.71. The molecule has 8 heteroatoms. The lowest BCUT2D eigenvalue weighted by atomic mass is 10.0. The van der Waals surface area contributed by atoms with Gasteiger partial charge in [0.1, 0.15) is 6.21 Å². The van der Waals surface area contributed by atoms with Gasteiger partial charge in [-0.05, 0) is 24.3 Å². The smallest absolute Gasteiger partial charge is 0.258 e. The molecule has 0 aliphatic rings. The number of carbonyl (C=O) groups is 1. The van der Waals surface area contributed by atoms with Gasteiger partial charge in [-0.15, -0.1) is 0 Å². The number of rotatable bonds is 7. The maximum absolute atomic E-state index is 12.5. The van der Waals surface area contributed by atoms with E-state index < -0.39 is 0 Å². The first-order valence-corrected chi connectivity index (χ1v) is 9.06. The van der Waals surface area contributed by atoms with Crippen molar-refractivity contribution in [2.45, 2.75) is 13.5 Å². The number of oxime groups is 1. The maximum atomic E-state index is 12.5. The predicted octanol–water partition coefficient (Wildman–Crippen LogP) is 3.24. The number of aromatic nitrogens is 2. The molecule has 2 heterocycles. The number of benzene rings is 1. The largest absolute Gasteiger partial charge is 0.411 e. The van der Waals surface area contributed by atoms with E-state index in [1.165, 1.54) is 6.21 Å². The van der Waals surface area contributed by atoms with Crippen LogP contribution in [0.1, 0.15) is 21.6 Å². The van der Waals surface area contributed by atoms with Crippen LogP contribution in [0.4, 0.5) is 0 Å². The molecule has 0 spiro atoms. The summed E-state index contributed by atoms with van der Waals surface area (Å²) >= 11 is 11.9. The van der Waals surface area contributed by atoms with Gasteiger partial charge >= 0.3 is 0 Å². The zero-order chi connectivity index (χ0) is 19.9. The summed E-state index contributed by atoms with van der Waals surface area (Å²) in [5.41, 5.74) is 1.72. The fraction of sp³-hybridized carbons (Fsp3) is 0.100. The van der Waals surface area contributed by atoms with Crippen LogP contribution in [0.3, 0.4) is 0 Å². The fourth-order valence-corrected chi connectivity index (χ4v) is 2.82. The van der Waals surface area contributed by atoms with E-state index >= 15 is 0 Å². The zero-order valence-electron chi connectivity index (χ0n) is 14.7. The van der Waals surface area contributed by atoms with Crippen molar-refractivity contribution in [2.24, 2.45) is 5.16 Å². The molecule has 0 amide bonds. The van der Waals surface area contributed by atoms with Gasteiger partial charge in [-0.1, -0.05) is 28.4 Å². The summed E-state index contributed by atoms with van der Waals surface area (Å²) in [6, 6.07) is 13.7. The lowest BCUT2D eigenvalue weighted by molar-refractivity contribution is -0.788. The van der Waals surface area contributed by atoms with Gasteiger partial charge in [0.05, 0.1) is 10.0 Å². The Morgan fingerprint density at radius 2 is 1.79 bits per heavy atom. The van der Waals surface area contributed by atoms with Crippen molar-refractivity contribution in [3.8, 4) is 0 Å². The molecule has 0 saturated carbocycles. The highest BCUT2D eigenvalue weighted by molar-refractivity contribution is 6.42. The average Bonchev–Trinajstić information content (AvgIpc) is 2.71. The molecule has 1 N–H and O–H groups in total. The molecule has 0 saturated heterocycles. The zero-order valence-corrected chi connectivity index (χ0v) is 16.2. The second kappa shape index (κ2) is 9.41. The Balaban J connectivity index is 1.62. The molecule has 3 aromatic rings. The predicted molar refractivity (Wildman–Crippen MR) is 104 cm³/mol. The monoisotopic (exact) mass is 417 g/mol. The molecule has 28 heavy (non-hydrogen) atoms. The van der Waals surface area contributed by atoms with Crippen LogP contribution in [0.15, 0.2) is 72.3 Å². The minimum absolute atomic E-state index is 0.139. The van der Waals surface area contributed by atoms with E-state index in [-0.39, 0.29) is 12.5 Å². The molecule has 3 rings (SSSR count). The third kappa shape index (κ3) is 4.92. The van der Waals surface area contributed by atoms with Crippen molar-refractivity contribution < 1.29 is 23.9 Å². The SMILES string of the molecule is O=C(c1cc[n+](COC[n+]2ccccc2C=NO)cc1)c1ccc(Cl)c(Cl)c1. The quantitative estimate of drug-likeness (QED) is 0.211. The topological polar surface area (TPSA) is 66.7 Å². The number of hydrogen-bond donors (Lipinski definition) is 1. The summed E-state index contributed by atoms with van der Waals surface area (Å²) in [7, 11) is 0. The molecular weight excluding hydrogens is 401 g/mol. The van der Waals surface area contributed by atoms with E-state index in [1.807, 2.05) is 18.3 Å². The van der Waals surface area contributed by atoms with Crippen LogP contribution >= 0.6 is 23.2 Å². The summed E-state index contributed by atoms with van der Waals surface area (Å²) in [5, 5.41) is 12.5. The number of ether oxygens (including phenoxy) is 1. The molecule has 0 aliphatic heterocycles. The number of ketones is 1. The highest BCUT2D eigenvalue weighted by atomic mass is 35.5. The van der Waals surface area contributed by atoms with Crippen LogP contribution in [0.5, 0.6) is 0 Å². The standard InChI is InChI=1S/C20H16Cl2N3O3/c21-18-5-4-16(11-19(18)22)20(26)15-6-9-24(10-7-15)13-28-14-25-8-2-1-3-17(25)12-23-27/h1-12H,13-14H2/q+1/p+1. The summed E-state index contributed by atoms with van der Waals surface area (Å²) in [4.78, 5) is 12.5. The van der Waals surface area contributed by atoms with Crippen molar-refractivity contribution in [3.05, 3.63) is 94.0 Å². The Hall–Kier alpha value is -2.80. The Kier molecular flexibility index (Phi) is 6.71. The second-order valence-corrected chi connectivity index (χ2v) is 6.68. The van der Waals surface area contributed by atoms with Crippen LogP contribution < -0.4 is 9.13 Å². The number of nitrogens with zero attached hydrogens (tertiary/aromatic N) is 3. The minimum atomic E-state index is -0.139. The summed E-state index contributed by atoms with van der Waals surface area (Å²) in [6.45, 7) is 0.567. The van der Waals surface area contributed by atoms with Gasteiger partial charge in [-0.25, -0.2) is 0 Å². The molecule has 0 fully saturated rings. The molecule has 0 bridgehead atoms. The summed E-state index contributed by atoms with van der Waals surface area (Å²) in [6.07, 6.45) is 6.67. The highest BCUT2D eigenvalue weighted by Crippen LogP contribution is 2.23. The molecule has 0 aliphatic carbocycles. The van der Waals surface area contributed by atoms with Crippen LogP contribution in [0, 0.1) is 0 Å². The average molecular weight is 418 g/mol. The second-order valence-electron chi connectivity index (χ2n) is 5.86. The molecule has 0 atom stereocenters. The molecule has 1 aromatic carbocycles. The lowest BCUT2D eigenvalue weighted by Gasteiger charge is -2.03. The summed E-state index contributed by atoms with van der Waals surface area (Å²) in [5.74, 6) is -0.139. The molecule has 2 aromatic heterocycles. The van der Waals surface area contributed by atoms with E-state index in [1.54, 1.807) is 57.9 Å². The van der Waals surface area contributed by atoms with Gasteiger partial charge in [0.15, 0.2) is 24.4 Å². The van der Waals surface area contributed by atoms with Crippen LogP contribution in [-0.4, -0.2) is 17.2 Å². The van der Waals surface area contributed by atoms with Gasteiger partial charge in [-0.3, -0.25) is 9.53 Å². The van der Waals surface area contributed by atoms with Gasteiger partial charge in [0, 0.05) is 35.4 Å². The number of carbonyl (C=O) groups excluding carboxylic acids is 1. The van der Waals surface area contributed by atoms with Crippen LogP contribution in [0.2, 0.25) is 10.0 Å². The first kappa shape index (κ1) is 19.9. The molecule has 6 nitrogen and oxygen atoms in total. The Morgan fingerprint density at radius 3 is 2.50 bits per heavy atom. The maximum Gasteiger partial charge on any atom is 0.258 e. The van der Waals surface area contributed by atoms with Gasteiger partial charge in [0.2, 0.25) is 5.69 Å². The van der Waals surface area contributed by atoms with Crippen LogP contribution in [-0.2, 0) is 18.2 Å². The first-order valence-electron chi connectivity index (χ1n) is 8.31. The molecular formula is C20H17Cl2N3O3+2. The Labute approximate surface area is 171 Å². The number of hydrogen-bond acceptors (Lipinski definition) is 4. The van der Waals surface area contributed by atoms with E-state index in [4.69, 9.17) is 33.1 Å². The Bertz CT molecular complexity index is 1010. The Morgan fingerprint density at radius 1 is 1.00 bits per heavy atom.